The number of para-hydroxylation sites is 1. The van der Waals surface area contributed by atoms with E-state index in [0.717, 1.165) is 11.1 Å². The maximum atomic E-state index is 13.7. The number of carbonyl (C=O) groups excluding carboxylic acids is 1. The van der Waals surface area contributed by atoms with Gasteiger partial charge in [0.2, 0.25) is 0 Å². The Kier molecular flexibility index (Phi) is 7.31. The topological polar surface area (TPSA) is 79.1 Å². The summed E-state index contributed by atoms with van der Waals surface area (Å²) >= 11 is 1.27. The molecule has 0 bridgehead atoms. The molecule has 0 saturated heterocycles. The number of hydrogen-bond acceptors (Lipinski definition) is 7. The van der Waals surface area contributed by atoms with Crippen molar-refractivity contribution in [2.75, 3.05) is 20.3 Å². The van der Waals surface area contributed by atoms with E-state index in [1.165, 1.54) is 17.4 Å². The van der Waals surface area contributed by atoms with E-state index in [0.29, 0.717) is 38.7 Å². The normalized spacial score (nSPS) is 15.3. The first-order chi connectivity index (χ1) is 17.0. The highest BCUT2D eigenvalue weighted by atomic mass is 32.1. The molecule has 2 aromatic carbocycles. The van der Waals surface area contributed by atoms with Crippen molar-refractivity contribution in [1.29, 1.82) is 0 Å². The first-order valence-corrected chi connectivity index (χ1v) is 12.0. The summed E-state index contributed by atoms with van der Waals surface area (Å²) in [4.78, 5) is 31.9. The average molecular weight is 491 g/mol. The van der Waals surface area contributed by atoms with Crippen LogP contribution in [0.3, 0.4) is 0 Å². The molecule has 1 unspecified atom stereocenters. The largest absolute Gasteiger partial charge is 0.497 e. The van der Waals surface area contributed by atoms with Crippen LogP contribution in [-0.4, -0.2) is 30.9 Å². The molecule has 0 amide bonds. The summed E-state index contributed by atoms with van der Waals surface area (Å²) in [7, 11) is 1.58. The van der Waals surface area contributed by atoms with Crippen molar-refractivity contribution in [2.24, 2.45) is 4.99 Å². The maximum Gasteiger partial charge on any atom is 0.338 e. The lowest BCUT2D eigenvalue weighted by Crippen LogP contribution is -2.39. The molecule has 1 atom stereocenters. The molecule has 1 aromatic heterocycles. The number of rotatable bonds is 8. The van der Waals surface area contributed by atoms with Gasteiger partial charge in [0.1, 0.15) is 18.1 Å². The molecule has 0 fully saturated rings. The fourth-order valence-corrected chi connectivity index (χ4v) is 4.96. The summed E-state index contributed by atoms with van der Waals surface area (Å²) in [6, 6.07) is 14.1. The lowest BCUT2D eigenvalue weighted by Gasteiger charge is -2.24. The quantitative estimate of drug-likeness (QED) is 0.357. The standard InChI is InChI=1S/C27H26N2O5S/c1-5-15-34-26(31)23-17(3)28-27-29(24(23)18-11-13-20(32-4)14-12-18)25(30)22(35-27)16-19-9-7-8-10-21(19)33-6-2/h5,7-14,16,24H,1,6,15H2,2-4H3. The fourth-order valence-electron chi connectivity index (χ4n) is 3.92. The zero-order chi connectivity index (χ0) is 24.9. The number of ether oxygens (including phenoxy) is 3. The Labute approximate surface area is 206 Å². The van der Waals surface area contributed by atoms with Crippen LogP contribution in [0.4, 0.5) is 0 Å². The van der Waals surface area contributed by atoms with Gasteiger partial charge in [-0.15, -0.1) is 0 Å². The van der Waals surface area contributed by atoms with E-state index in [-0.39, 0.29) is 12.2 Å². The average Bonchev–Trinajstić information content (AvgIpc) is 3.17. The van der Waals surface area contributed by atoms with Crippen LogP contribution in [0, 0.1) is 0 Å². The summed E-state index contributed by atoms with van der Waals surface area (Å²) in [6.07, 6.45) is 3.30. The van der Waals surface area contributed by atoms with Gasteiger partial charge in [0.25, 0.3) is 5.56 Å². The number of thiazole rings is 1. The molecule has 8 heteroatoms. The van der Waals surface area contributed by atoms with Crippen molar-refractivity contribution in [3.8, 4) is 11.5 Å². The predicted molar refractivity (Wildman–Crippen MR) is 136 cm³/mol. The molecule has 3 aromatic rings. The van der Waals surface area contributed by atoms with Crippen LogP contribution in [0.5, 0.6) is 11.5 Å². The number of allylic oxidation sites excluding steroid dienone is 1. The number of carbonyl (C=O) groups is 1. The van der Waals surface area contributed by atoms with Gasteiger partial charge >= 0.3 is 5.97 Å². The van der Waals surface area contributed by atoms with E-state index in [2.05, 4.69) is 11.6 Å². The second-order valence-electron chi connectivity index (χ2n) is 7.71. The summed E-state index contributed by atoms with van der Waals surface area (Å²) in [5.41, 5.74) is 2.10. The Morgan fingerprint density at radius 3 is 2.63 bits per heavy atom. The summed E-state index contributed by atoms with van der Waals surface area (Å²) in [5, 5.41) is 0. The van der Waals surface area contributed by atoms with Crippen LogP contribution in [0.15, 0.2) is 82.2 Å². The highest BCUT2D eigenvalue weighted by molar-refractivity contribution is 7.07. The van der Waals surface area contributed by atoms with Gasteiger partial charge in [-0.3, -0.25) is 9.36 Å². The van der Waals surface area contributed by atoms with Gasteiger partial charge in [0, 0.05) is 5.56 Å². The molecule has 35 heavy (non-hydrogen) atoms. The molecular weight excluding hydrogens is 464 g/mol. The number of methoxy groups -OCH3 is 1. The van der Waals surface area contributed by atoms with Crippen LogP contribution in [0.2, 0.25) is 0 Å². The highest BCUT2D eigenvalue weighted by Gasteiger charge is 2.33. The van der Waals surface area contributed by atoms with Gasteiger partial charge in [-0.2, -0.15) is 0 Å². The molecule has 0 spiro atoms. The molecule has 4 rings (SSSR count). The molecule has 1 aliphatic heterocycles. The van der Waals surface area contributed by atoms with Gasteiger partial charge < -0.3 is 14.2 Å². The van der Waals surface area contributed by atoms with Crippen LogP contribution >= 0.6 is 11.3 Å². The molecule has 180 valence electrons. The third kappa shape index (κ3) is 4.83. The Morgan fingerprint density at radius 2 is 1.94 bits per heavy atom. The molecule has 1 aliphatic rings. The molecule has 0 saturated carbocycles. The fraction of sp³-hybridized carbons (Fsp3) is 0.222. The Bertz CT molecular complexity index is 1460. The first kappa shape index (κ1) is 24.2. The smallest absolute Gasteiger partial charge is 0.338 e. The van der Waals surface area contributed by atoms with Crippen molar-refractivity contribution in [1.82, 2.24) is 4.57 Å². The lowest BCUT2D eigenvalue weighted by molar-refractivity contribution is -0.138. The van der Waals surface area contributed by atoms with E-state index < -0.39 is 12.0 Å². The maximum absolute atomic E-state index is 13.7. The second-order valence-corrected chi connectivity index (χ2v) is 8.72. The second kappa shape index (κ2) is 10.6. The van der Waals surface area contributed by atoms with E-state index in [1.807, 2.05) is 43.3 Å². The minimum absolute atomic E-state index is 0.0591. The zero-order valence-electron chi connectivity index (χ0n) is 19.8. The molecule has 7 nitrogen and oxygen atoms in total. The monoisotopic (exact) mass is 490 g/mol. The third-order valence-corrected chi connectivity index (χ3v) is 6.49. The molecule has 0 N–H and O–H groups in total. The number of aromatic nitrogens is 1. The van der Waals surface area contributed by atoms with Crippen molar-refractivity contribution in [3.63, 3.8) is 0 Å². The van der Waals surface area contributed by atoms with E-state index >= 15 is 0 Å². The van der Waals surface area contributed by atoms with E-state index in [9.17, 15) is 9.59 Å². The Hall–Kier alpha value is -3.91. The van der Waals surface area contributed by atoms with Crippen LogP contribution in [-0.2, 0) is 9.53 Å². The summed E-state index contributed by atoms with van der Waals surface area (Å²) < 4.78 is 18.4. The lowest BCUT2D eigenvalue weighted by atomic mass is 9.96. The van der Waals surface area contributed by atoms with Crippen molar-refractivity contribution in [3.05, 3.63) is 103 Å². The number of nitrogens with zero attached hydrogens (tertiary/aromatic N) is 2. The number of benzene rings is 2. The number of fused-ring (bicyclic) bond motifs is 1. The minimum atomic E-state index is -0.696. The van der Waals surface area contributed by atoms with Crippen molar-refractivity contribution < 1.29 is 19.0 Å². The Balaban J connectivity index is 1.92. The van der Waals surface area contributed by atoms with Gasteiger partial charge in [0.15, 0.2) is 4.80 Å². The minimum Gasteiger partial charge on any atom is -0.497 e. The zero-order valence-corrected chi connectivity index (χ0v) is 20.6. The van der Waals surface area contributed by atoms with Gasteiger partial charge in [-0.05, 0) is 43.7 Å². The number of hydrogen-bond donors (Lipinski definition) is 0. The van der Waals surface area contributed by atoms with Crippen LogP contribution in [0.1, 0.15) is 31.0 Å². The first-order valence-electron chi connectivity index (χ1n) is 11.1. The predicted octanol–water partition coefficient (Wildman–Crippen LogP) is 3.37. The molecule has 0 radical (unpaired) electrons. The van der Waals surface area contributed by atoms with Crippen LogP contribution < -0.4 is 24.4 Å². The summed E-state index contributed by atoms with van der Waals surface area (Å²) in [5.74, 6) is 0.825. The number of esters is 1. The highest BCUT2D eigenvalue weighted by Crippen LogP contribution is 2.31. The summed E-state index contributed by atoms with van der Waals surface area (Å²) in [6.45, 7) is 7.84. The molecule has 0 aliphatic carbocycles. The molecular formula is C27H26N2O5S. The van der Waals surface area contributed by atoms with Crippen molar-refractivity contribution in [2.45, 2.75) is 19.9 Å². The van der Waals surface area contributed by atoms with E-state index in [4.69, 9.17) is 14.2 Å². The van der Waals surface area contributed by atoms with Crippen LogP contribution in [0.25, 0.3) is 6.08 Å². The molecule has 2 heterocycles. The van der Waals surface area contributed by atoms with Gasteiger partial charge in [-0.1, -0.05) is 54.3 Å². The van der Waals surface area contributed by atoms with Gasteiger partial charge in [0.05, 0.1) is 35.6 Å². The van der Waals surface area contributed by atoms with Gasteiger partial charge in [-0.25, -0.2) is 9.79 Å². The SMILES string of the molecule is C=CCOC(=O)C1=C(C)N=c2sc(=Cc3ccccc3OCC)c(=O)n2C1c1ccc(OC)cc1. The Morgan fingerprint density at radius 1 is 1.20 bits per heavy atom. The van der Waals surface area contributed by atoms with Crippen molar-refractivity contribution >= 4 is 23.4 Å². The van der Waals surface area contributed by atoms with E-state index in [1.54, 1.807) is 36.8 Å². The third-order valence-electron chi connectivity index (χ3n) is 5.51.